The number of nitrogens with zero attached hydrogens (tertiary/aromatic N) is 2. The van der Waals surface area contributed by atoms with E-state index in [4.69, 9.17) is 5.11 Å². The molecule has 102 valence electrons. The van der Waals surface area contributed by atoms with Crippen LogP contribution in [0.4, 0.5) is 11.4 Å². The Bertz CT molecular complexity index is 511. The number of anilines is 1. The summed E-state index contributed by atoms with van der Waals surface area (Å²) < 4.78 is 0. The number of hydrogen-bond acceptors (Lipinski definition) is 4. The fraction of sp³-hybridized carbons (Fsp3) is 0.308. The molecule has 0 aliphatic carbocycles. The zero-order valence-electron chi connectivity index (χ0n) is 10.9. The summed E-state index contributed by atoms with van der Waals surface area (Å²) in [6, 6.07) is 4.23. The molecule has 0 radical (unpaired) electrons. The van der Waals surface area contributed by atoms with Gasteiger partial charge in [0.15, 0.2) is 0 Å². The van der Waals surface area contributed by atoms with Gasteiger partial charge >= 0.3 is 5.97 Å². The van der Waals surface area contributed by atoms with Crippen molar-refractivity contribution in [3.05, 3.63) is 46.5 Å². The molecule has 0 fully saturated rings. The van der Waals surface area contributed by atoms with Crippen LogP contribution in [0.5, 0.6) is 0 Å². The zero-order chi connectivity index (χ0) is 14.6. The number of rotatable bonds is 6. The van der Waals surface area contributed by atoms with Gasteiger partial charge in [0.1, 0.15) is 5.56 Å². The number of carboxylic acids is 1. The van der Waals surface area contributed by atoms with Crippen molar-refractivity contribution in [2.75, 3.05) is 11.4 Å². The van der Waals surface area contributed by atoms with Crippen LogP contribution >= 0.6 is 0 Å². The number of nitro groups is 1. The number of carboxylic acid groups (broad SMARTS) is 1. The van der Waals surface area contributed by atoms with Gasteiger partial charge in [0.25, 0.3) is 5.69 Å². The van der Waals surface area contributed by atoms with Crippen LogP contribution in [0.15, 0.2) is 30.9 Å². The van der Waals surface area contributed by atoms with Crippen LogP contribution in [0.1, 0.15) is 24.2 Å². The second-order valence-electron chi connectivity index (χ2n) is 4.30. The van der Waals surface area contributed by atoms with Crippen LogP contribution in [-0.2, 0) is 0 Å². The maximum Gasteiger partial charge on any atom is 0.342 e. The lowest BCUT2D eigenvalue weighted by Gasteiger charge is -2.27. The van der Waals surface area contributed by atoms with Gasteiger partial charge in [0, 0.05) is 24.3 Å². The molecule has 1 N–H and O–H groups in total. The number of benzene rings is 1. The Morgan fingerprint density at radius 2 is 2.21 bits per heavy atom. The number of aromatic carboxylic acids is 1. The van der Waals surface area contributed by atoms with E-state index in [0.717, 1.165) is 0 Å². The summed E-state index contributed by atoms with van der Waals surface area (Å²) in [5.74, 6) is -1.31. The third-order valence-corrected chi connectivity index (χ3v) is 2.69. The molecule has 0 bridgehead atoms. The molecule has 0 aromatic heterocycles. The van der Waals surface area contributed by atoms with Gasteiger partial charge in [-0.1, -0.05) is 6.08 Å². The van der Waals surface area contributed by atoms with Crippen molar-refractivity contribution < 1.29 is 14.8 Å². The third kappa shape index (κ3) is 3.31. The normalized spacial score (nSPS) is 10.3. The molecule has 0 atom stereocenters. The van der Waals surface area contributed by atoms with E-state index in [9.17, 15) is 14.9 Å². The molecule has 0 saturated heterocycles. The Balaban J connectivity index is 3.31. The van der Waals surface area contributed by atoms with Crippen LogP contribution in [-0.4, -0.2) is 28.6 Å². The maximum absolute atomic E-state index is 10.9. The van der Waals surface area contributed by atoms with Crippen molar-refractivity contribution >= 4 is 17.3 Å². The zero-order valence-corrected chi connectivity index (χ0v) is 10.9. The first-order valence-corrected chi connectivity index (χ1v) is 5.77. The van der Waals surface area contributed by atoms with E-state index in [1.54, 1.807) is 12.1 Å². The average Bonchev–Trinajstić information content (AvgIpc) is 2.34. The topological polar surface area (TPSA) is 83.7 Å². The summed E-state index contributed by atoms with van der Waals surface area (Å²) in [4.78, 5) is 23.1. The van der Waals surface area contributed by atoms with Gasteiger partial charge in [-0.15, -0.1) is 6.58 Å². The van der Waals surface area contributed by atoms with Gasteiger partial charge in [0.05, 0.1) is 4.92 Å². The lowest BCUT2D eigenvalue weighted by Crippen LogP contribution is -2.30. The van der Waals surface area contributed by atoms with E-state index >= 15 is 0 Å². The predicted molar refractivity (Wildman–Crippen MR) is 72.7 cm³/mol. The smallest absolute Gasteiger partial charge is 0.342 e. The lowest BCUT2D eigenvalue weighted by molar-refractivity contribution is -0.385. The van der Waals surface area contributed by atoms with E-state index in [1.165, 1.54) is 12.1 Å². The Hall–Kier alpha value is -2.37. The van der Waals surface area contributed by atoms with Crippen molar-refractivity contribution in [2.24, 2.45) is 0 Å². The Morgan fingerprint density at radius 1 is 1.58 bits per heavy atom. The minimum atomic E-state index is -1.31. The molecule has 6 nitrogen and oxygen atoms in total. The fourth-order valence-corrected chi connectivity index (χ4v) is 1.78. The summed E-state index contributed by atoms with van der Waals surface area (Å²) in [5.41, 5.74) is -0.109. The molecule has 6 heteroatoms. The van der Waals surface area contributed by atoms with Crippen LogP contribution in [0.3, 0.4) is 0 Å². The van der Waals surface area contributed by atoms with Crippen LogP contribution in [0.25, 0.3) is 0 Å². The molecule has 0 saturated carbocycles. The molecule has 0 spiro atoms. The maximum atomic E-state index is 10.9. The highest BCUT2D eigenvalue weighted by molar-refractivity contribution is 5.93. The molecular weight excluding hydrogens is 248 g/mol. The van der Waals surface area contributed by atoms with E-state index in [-0.39, 0.29) is 11.6 Å². The van der Waals surface area contributed by atoms with E-state index < -0.39 is 16.6 Å². The highest BCUT2D eigenvalue weighted by Gasteiger charge is 2.22. The second-order valence-corrected chi connectivity index (χ2v) is 4.30. The van der Waals surface area contributed by atoms with Gasteiger partial charge in [0.2, 0.25) is 0 Å². The van der Waals surface area contributed by atoms with Crippen molar-refractivity contribution in [3.8, 4) is 0 Å². The monoisotopic (exact) mass is 264 g/mol. The highest BCUT2D eigenvalue weighted by Crippen LogP contribution is 2.26. The molecule has 1 aromatic carbocycles. The van der Waals surface area contributed by atoms with Crippen LogP contribution < -0.4 is 4.90 Å². The van der Waals surface area contributed by atoms with E-state index in [1.807, 2.05) is 18.7 Å². The summed E-state index contributed by atoms with van der Waals surface area (Å²) >= 11 is 0. The minimum Gasteiger partial charge on any atom is -0.477 e. The number of nitro benzene ring substituents is 1. The highest BCUT2D eigenvalue weighted by atomic mass is 16.6. The van der Waals surface area contributed by atoms with Gasteiger partial charge in [-0.3, -0.25) is 10.1 Å². The van der Waals surface area contributed by atoms with Crippen molar-refractivity contribution in [1.82, 2.24) is 0 Å². The van der Waals surface area contributed by atoms with Crippen molar-refractivity contribution in [2.45, 2.75) is 19.9 Å². The Morgan fingerprint density at radius 3 is 2.63 bits per heavy atom. The van der Waals surface area contributed by atoms with Gasteiger partial charge in [-0.05, 0) is 26.0 Å². The first-order chi connectivity index (χ1) is 8.88. The van der Waals surface area contributed by atoms with Crippen molar-refractivity contribution in [1.29, 1.82) is 0 Å². The lowest BCUT2D eigenvalue weighted by atomic mass is 10.1. The minimum absolute atomic E-state index is 0.119. The quantitative estimate of drug-likeness (QED) is 0.485. The fourth-order valence-electron chi connectivity index (χ4n) is 1.78. The standard InChI is InChI=1S/C13H16N2O4/c1-4-7-14(9(2)3)10-5-6-11(13(16)17)12(8-10)15(18)19/h4-6,8-9H,1,7H2,2-3H3,(H,16,17). The van der Waals surface area contributed by atoms with E-state index in [2.05, 4.69) is 6.58 Å². The predicted octanol–water partition coefficient (Wildman–Crippen LogP) is 2.69. The van der Waals surface area contributed by atoms with Crippen LogP contribution in [0.2, 0.25) is 0 Å². The molecule has 1 aromatic rings. The van der Waals surface area contributed by atoms with E-state index in [0.29, 0.717) is 12.2 Å². The molecule has 0 aliphatic rings. The molecule has 19 heavy (non-hydrogen) atoms. The van der Waals surface area contributed by atoms with Gasteiger partial charge in [-0.25, -0.2) is 4.79 Å². The Kier molecular flexibility index (Phi) is 4.63. The Labute approximate surface area is 111 Å². The molecule has 0 heterocycles. The molecular formula is C13H16N2O4. The number of carbonyl (C=O) groups is 1. The van der Waals surface area contributed by atoms with Gasteiger partial charge in [-0.2, -0.15) is 0 Å². The van der Waals surface area contributed by atoms with Crippen LogP contribution in [0, 0.1) is 10.1 Å². The first-order valence-electron chi connectivity index (χ1n) is 5.77. The summed E-state index contributed by atoms with van der Waals surface area (Å²) in [7, 11) is 0. The molecule has 0 unspecified atom stereocenters. The second kappa shape index (κ2) is 5.99. The molecule has 0 aliphatic heterocycles. The third-order valence-electron chi connectivity index (χ3n) is 2.69. The molecule has 0 amide bonds. The van der Waals surface area contributed by atoms with Crippen molar-refractivity contribution in [3.63, 3.8) is 0 Å². The average molecular weight is 264 g/mol. The summed E-state index contributed by atoms with van der Waals surface area (Å²) in [5, 5.41) is 19.9. The molecule has 1 rings (SSSR count). The SMILES string of the molecule is C=CCN(c1ccc(C(=O)O)c([N+](=O)[O-])c1)C(C)C. The summed E-state index contributed by atoms with van der Waals surface area (Å²) in [6.45, 7) is 8.06. The number of hydrogen-bond donors (Lipinski definition) is 1. The summed E-state index contributed by atoms with van der Waals surface area (Å²) in [6.07, 6.45) is 1.69. The largest absolute Gasteiger partial charge is 0.477 e. The first kappa shape index (κ1) is 14.7. The van der Waals surface area contributed by atoms with Gasteiger partial charge < -0.3 is 10.0 Å².